The van der Waals surface area contributed by atoms with E-state index in [9.17, 15) is 0 Å². The average molecular weight is 198 g/mol. The highest BCUT2D eigenvalue weighted by Gasteiger charge is 2.64. The minimum Gasteiger partial charge on any atom is -0.326 e. The fourth-order valence-corrected chi connectivity index (χ4v) is 2.25. The molecule has 1 aliphatic rings. The van der Waals surface area contributed by atoms with Crippen molar-refractivity contribution in [3.63, 3.8) is 0 Å². The molecule has 2 nitrogen and oxygen atoms in total. The van der Waals surface area contributed by atoms with E-state index in [-0.39, 0.29) is 5.54 Å². The molecule has 1 saturated carbocycles. The van der Waals surface area contributed by atoms with Gasteiger partial charge in [-0.05, 0) is 37.6 Å². The minimum absolute atomic E-state index is 0.0455. The third kappa shape index (κ3) is 2.12. The van der Waals surface area contributed by atoms with Crippen molar-refractivity contribution in [2.75, 3.05) is 6.54 Å². The van der Waals surface area contributed by atoms with Crippen LogP contribution in [-0.2, 0) is 0 Å². The maximum atomic E-state index is 5.94. The fraction of sp³-hybridized carbons (Fsp3) is 1.00. The lowest BCUT2D eigenvalue weighted by Gasteiger charge is -2.18. The van der Waals surface area contributed by atoms with Crippen molar-refractivity contribution in [3.05, 3.63) is 0 Å². The van der Waals surface area contributed by atoms with Crippen LogP contribution < -0.4 is 11.1 Å². The van der Waals surface area contributed by atoms with Crippen molar-refractivity contribution in [1.82, 2.24) is 5.32 Å². The molecule has 0 aliphatic heterocycles. The molecule has 84 valence electrons. The smallest absolute Gasteiger partial charge is 0.0181 e. The summed E-state index contributed by atoms with van der Waals surface area (Å²) in [6, 6.07) is 0.650. The van der Waals surface area contributed by atoms with Crippen molar-refractivity contribution in [3.8, 4) is 0 Å². The van der Waals surface area contributed by atoms with E-state index in [0.717, 1.165) is 13.0 Å². The Morgan fingerprint density at radius 3 is 1.86 bits per heavy atom. The van der Waals surface area contributed by atoms with Gasteiger partial charge in [0.15, 0.2) is 0 Å². The quantitative estimate of drug-likeness (QED) is 0.726. The summed E-state index contributed by atoms with van der Waals surface area (Å²) in [6.45, 7) is 14.5. The monoisotopic (exact) mass is 198 g/mol. The van der Waals surface area contributed by atoms with Crippen LogP contribution in [0.4, 0.5) is 0 Å². The third-order valence-corrected chi connectivity index (χ3v) is 4.14. The summed E-state index contributed by atoms with van der Waals surface area (Å²) in [6.07, 6.45) is 1.04. The van der Waals surface area contributed by atoms with Gasteiger partial charge in [-0.15, -0.1) is 0 Å². The summed E-state index contributed by atoms with van der Waals surface area (Å²) < 4.78 is 0. The van der Waals surface area contributed by atoms with Gasteiger partial charge in [-0.1, -0.05) is 27.7 Å². The number of hydrogen-bond acceptors (Lipinski definition) is 2. The lowest BCUT2D eigenvalue weighted by Crippen LogP contribution is -2.37. The molecule has 1 aliphatic carbocycles. The van der Waals surface area contributed by atoms with E-state index < -0.39 is 0 Å². The van der Waals surface area contributed by atoms with Crippen LogP contribution in [-0.4, -0.2) is 18.1 Å². The Morgan fingerprint density at radius 2 is 1.57 bits per heavy atom. The van der Waals surface area contributed by atoms with Crippen LogP contribution in [0, 0.1) is 10.8 Å². The van der Waals surface area contributed by atoms with Crippen molar-refractivity contribution in [2.45, 2.75) is 59.5 Å². The first-order chi connectivity index (χ1) is 6.09. The van der Waals surface area contributed by atoms with Gasteiger partial charge < -0.3 is 11.1 Å². The number of nitrogens with one attached hydrogen (secondary N) is 1. The lowest BCUT2D eigenvalue weighted by molar-refractivity contribution is 0.439. The molecular weight excluding hydrogens is 172 g/mol. The largest absolute Gasteiger partial charge is 0.326 e. The van der Waals surface area contributed by atoms with E-state index in [1.165, 1.54) is 0 Å². The minimum atomic E-state index is -0.0455. The number of rotatable bonds is 4. The topological polar surface area (TPSA) is 38.0 Å². The summed E-state index contributed by atoms with van der Waals surface area (Å²) in [5.74, 6) is 0. The van der Waals surface area contributed by atoms with Crippen LogP contribution in [0.2, 0.25) is 0 Å². The van der Waals surface area contributed by atoms with Gasteiger partial charge in [0.25, 0.3) is 0 Å². The zero-order chi connectivity index (χ0) is 11.2. The summed E-state index contributed by atoms with van der Waals surface area (Å²) >= 11 is 0. The molecule has 0 saturated heterocycles. The molecule has 0 aromatic carbocycles. The molecule has 0 unspecified atom stereocenters. The first kappa shape index (κ1) is 12.0. The molecule has 0 aromatic heterocycles. The van der Waals surface area contributed by atoms with Gasteiger partial charge in [0.1, 0.15) is 0 Å². The molecule has 3 N–H and O–H groups in total. The molecule has 0 amide bonds. The van der Waals surface area contributed by atoms with E-state index >= 15 is 0 Å². The first-order valence-corrected chi connectivity index (χ1v) is 5.61. The zero-order valence-corrected chi connectivity index (χ0v) is 10.6. The van der Waals surface area contributed by atoms with E-state index in [1.54, 1.807) is 0 Å². The maximum Gasteiger partial charge on any atom is 0.0181 e. The van der Waals surface area contributed by atoms with Crippen molar-refractivity contribution < 1.29 is 0 Å². The Morgan fingerprint density at radius 1 is 1.14 bits per heavy atom. The predicted molar refractivity (Wildman–Crippen MR) is 62.2 cm³/mol. The van der Waals surface area contributed by atoms with Gasteiger partial charge in [0.2, 0.25) is 0 Å². The Hall–Kier alpha value is -0.0800. The van der Waals surface area contributed by atoms with Gasteiger partial charge >= 0.3 is 0 Å². The Bertz CT molecular complexity index is 197. The molecule has 2 heteroatoms. The summed E-state index contributed by atoms with van der Waals surface area (Å²) in [4.78, 5) is 0. The Balaban J connectivity index is 2.30. The molecular formula is C12H26N2. The predicted octanol–water partition coefficient (Wildman–Crippen LogP) is 2.14. The van der Waals surface area contributed by atoms with Crippen molar-refractivity contribution >= 4 is 0 Å². The highest BCUT2D eigenvalue weighted by atomic mass is 15.0. The molecule has 0 radical (unpaired) electrons. The van der Waals surface area contributed by atoms with Crippen LogP contribution in [0.3, 0.4) is 0 Å². The van der Waals surface area contributed by atoms with E-state index in [0.29, 0.717) is 16.9 Å². The third-order valence-electron chi connectivity index (χ3n) is 4.14. The Kier molecular flexibility index (Phi) is 2.75. The summed E-state index contributed by atoms with van der Waals surface area (Å²) in [5, 5.41) is 3.61. The second-order valence-electron chi connectivity index (χ2n) is 6.57. The SMILES string of the molecule is CC(C)(N)CCNC1C(C)(C)C1(C)C. The van der Waals surface area contributed by atoms with Gasteiger partial charge in [0.05, 0.1) is 0 Å². The Labute approximate surface area is 88.6 Å². The standard InChI is InChI=1S/C12H26N2/c1-10(2,13)7-8-14-9-11(3,4)12(9,5)6/h9,14H,7-8,13H2,1-6H3. The van der Waals surface area contributed by atoms with E-state index in [4.69, 9.17) is 5.73 Å². The summed E-state index contributed by atoms with van der Waals surface area (Å²) in [5.41, 5.74) is 6.76. The highest BCUT2D eigenvalue weighted by molar-refractivity contribution is 5.17. The molecule has 0 aromatic rings. The maximum absolute atomic E-state index is 5.94. The zero-order valence-electron chi connectivity index (χ0n) is 10.6. The molecule has 0 heterocycles. The van der Waals surface area contributed by atoms with E-state index in [1.807, 2.05) is 0 Å². The second kappa shape index (κ2) is 3.21. The van der Waals surface area contributed by atoms with Crippen LogP contribution in [0.25, 0.3) is 0 Å². The van der Waals surface area contributed by atoms with Crippen LogP contribution in [0.1, 0.15) is 48.0 Å². The number of hydrogen-bond donors (Lipinski definition) is 2. The fourth-order valence-electron chi connectivity index (χ4n) is 2.25. The number of nitrogens with two attached hydrogens (primary N) is 1. The van der Waals surface area contributed by atoms with Crippen LogP contribution >= 0.6 is 0 Å². The van der Waals surface area contributed by atoms with Crippen LogP contribution in [0.5, 0.6) is 0 Å². The normalized spacial score (nSPS) is 25.1. The first-order valence-electron chi connectivity index (χ1n) is 5.61. The molecule has 0 atom stereocenters. The van der Waals surface area contributed by atoms with Crippen molar-refractivity contribution in [2.24, 2.45) is 16.6 Å². The molecule has 0 spiro atoms. The van der Waals surface area contributed by atoms with Crippen LogP contribution in [0.15, 0.2) is 0 Å². The average Bonchev–Trinajstić information content (AvgIpc) is 2.28. The van der Waals surface area contributed by atoms with E-state index in [2.05, 4.69) is 46.9 Å². The molecule has 1 fully saturated rings. The van der Waals surface area contributed by atoms with Gasteiger partial charge in [-0.2, -0.15) is 0 Å². The highest BCUT2D eigenvalue weighted by Crippen LogP contribution is 2.62. The van der Waals surface area contributed by atoms with Gasteiger partial charge in [0, 0.05) is 11.6 Å². The lowest BCUT2D eigenvalue weighted by atomic mass is 10.0. The molecule has 0 bridgehead atoms. The molecule has 1 rings (SSSR count). The summed E-state index contributed by atoms with van der Waals surface area (Å²) in [7, 11) is 0. The molecule has 14 heavy (non-hydrogen) atoms. The van der Waals surface area contributed by atoms with Gasteiger partial charge in [-0.25, -0.2) is 0 Å². The van der Waals surface area contributed by atoms with Gasteiger partial charge in [-0.3, -0.25) is 0 Å². The van der Waals surface area contributed by atoms with Crippen molar-refractivity contribution in [1.29, 1.82) is 0 Å². The second-order valence-corrected chi connectivity index (χ2v) is 6.57.